The molecule has 0 saturated carbocycles. The van der Waals surface area contributed by atoms with Crippen molar-refractivity contribution in [2.75, 3.05) is 12.4 Å². The minimum atomic E-state index is -0.379. The van der Waals surface area contributed by atoms with Crippen LogP contribution in [0.25, 0.3) is 10.9 Å². The van der Waals surface area contributed by atoms with Crippen LogP contribution >= 0.6 is 11.6 Å². The zero-order valence-electron chi connectivity index (χ0n) is 12.5. The number of nitrogens with zero attached hydrogens (tertiary/aromatic N) is 1. The second-order valence-corrected chi connectivity index (χ2v) is 5.38. The fraction of sp³-hybridized carbons (Fsp3) is 0.111. The van der Waals surface area contributed by atoms with E-state index in [2.05, 4.69) is 10.3 Å². The van der Waals surface area contributed by atoms with E-state index in [0.717, 1.165) is 16.5 Å². The molecule has 0 aliphatic rings. The first-order valence-electron chi connectivity index (χ1n) is 7.14. The van der Waals surface area contributed by atoms with Crippen molar-refractivity contribution in [2.45, 2.75) is 6.54 Å². The second kappa shape index (κ2) is 6.67. The fourth-order valence-electron chi connectivity index (χ4n) is 2.38. The van der Waals surface area contributed by atoms with Crippen LogP contribution in [0.4, 0.5) is 5.69 Å². The van der Waals surface area contributed by atoms with Gasteiger partial charge in [0.05, 0.1) is 18.2 Å². The Morgan fingerprint density at radius 2 is 1.91 bits per heavy atom. The summed E-state index contributed by atoms with van der Waals surface area (Å²) in [7, 11) is 1.36. The number of hydrogen-bond acceptors (Lipinski definition) is 4. The highest BCUT2D eigenvalue weighted by atomic mass is 35.5. The van der Waals surface area contributed by atoms with Gasteiger partial charge in [-0.1, -0.05) is 41.9 Å². The van der Waals surface area contributed by atoms with E-state index in [1.165, 1.54) is 7.11 Å². The molecule has 0 radical (unpaired) electrons. The number of methoxy groups -OCH3 is 1. The molecule has 23 heavy (non-hydrogen) atoms. The maximum atomic E-state index is 11.8. The third-order valence-electron chi connectivity index (χ3n) is 3.55. The van der Waals surface area contributed by atoms with Crippen LogP contribution in [0.3, 0.4) is 0 Å². The van der Waals surface area contributed by atoms with Gasteiger partial charge in [-0.25, -0.2) is 9.78 Å². The van der Waals surface area contributed by atoms with Crippen LogP contribution in [-0.4, -0.2) is 18.1 Å². The second-order valence-electron chi connectivity index (χ2n) is 5.02. The summed E-state index contributed by atoms with van der Waals surface area (Å²) in [6.07, 6.45) is 0. The predicted octanol–water partition coefficient (Wildman–Crippen LogP) is 4.29. The van der Waals surface area contributed by atoms with E-state index in [0.29, 0.717) is 22.9 Å². The Balaban J connectivity index is 1.87. The molecule has 0 fully saturated rings. The summed E-state index contributed by atoms with van der Waals surface area (Å²) in [6.45, 7) is 0.463. The summed E-state index contributed by atoms with van der Waals surface area (Å²) < 4.78 is 4.79. The first kappa shape index (κ1) is 15.3. The van der Waals surface area contributed by atoms with Gasteiger partial charge in [-0.05, 0) is 24.3 Å². The third-order valence-corrected chi connectivity index (χ3v) is 3.88. The molecule has 2 aromatic carbocycles. The van der Waals surface area contributed by atoms with Crippen LogP contribution in [0, 0.1) is 0 Å². The van der Waals surface area contributed by atoms with Crippen molar-refractivity contribution < 1.29 is 9.53 Å². The van der Waals surface area contributed by atoms with E-state index < -0.39 is 0 Å². The lowest BCUT2D eigenvalue weighted by molar-refractivity contribution is 0.0602. The predicted molar refractivity (Wildman–Crippen MR) is 91.9 cm³/mol. The number of benzene rings is 2. The lowest BCUT2D eigenvalue weighted by Crippen LogP contribution is -2.08. The Kier molecular flexibility index (Phi) is 4.44. The lowest BCUT2D eigenvalue weighted by atomic mass is 10.1. The molecule has 0 unspecified atom stereocenters. The molecule has 3 rings (SSSR count). The number of carbonyl (C=O) groups excluding carboxylic acids is 1. The van der Waals surface area contributed by atoms with E-state index in [1.807, 2.05) is 42.5 Å². The molecule has 1 N–H and O–H groups in total. The van der Waals surface area contributed by atoms with Gasteiger partial charge in [0, 0.05) is 23.2 Å². The highest BCUT2D eigenvalue weighted by Gasteiger charge is 2.11. The molecule has 116 valence electrons. The van der Waals surface area contributed by atoms with Gasteiger partial charge in [0.15, 0.2) is 0 Å². The first-order valence-corrected chi connectivity index (χ1v) is 7.52. The Labute approximate surface area is 139 Å². The molecular weight excluding hydrogens is 312 g/mol. The molecule has 5 heteroatoms. The summed E-state index contributed by atoms with van der Waals surface area (Å²) in [5, 5.41) is 4.70. The normalized spacial score (nSPS) is 10.5. The number of anilines is 1. The van der Waals surface area contributed by atoms with Crippen LogP contribution in [0.2, 0.25) is 5.15 Å². The van der Waals surface area contributed by atoms with Crippen molar-refractivity contribution in [1.82, 2.24) is 4.98 Å². The smallest absolute Gasteiger partial charge is 0.339 e. The maximum Gasteiger partial charge on any atom is 0.339 e. The Morgan fingerprint density at radius 3 is 2.74 bits per heavy atom. The van der Waals surface area contributed by atoms with Gasteiger partial charge in [0.1, 0.15) is 5.15 Å². The molecule has 0 spiro atoms. The van der Waals surface area contributed by atoms with Gasteiger partial charge in [-0.3, -0.25) is 0 Å². The molecule has 1 heterocycles. The molecule has 0 aliphatic heterocycles. The molecule has 0 saturated heterocycles. The number of fused-ring (bicyclic) bond motifs is 1. The van der Waals surface area contributed by atoms with E-state index in [-0.39, 0.29) is 5.97 Å². The number of nitrogens with one attached hydrogen (secondary N) is 1. The number of carbonyl (C=O) groups is 1. The third kappa shape index (κ3) is 3.27. The number of esters is 1. The lowest BCUT2D eigenvalue weighted by Gasteiger charge is -2.12. The van der Waals surface area contributed by atoms with E-state index in [1.54, 1.807) is 12.1 Å². The minimum absolute atomic E-state index is 0.379. The Bertz CT molecular complexity index is 865. The van der Waals surface area contributed by atoms with Crippen molar-refractivity contribution in [3.8, 4) is 0 Å². The zero-order chi connectivity index (χ0) is 16.2. The van der Waals surface area contributed by atoms with Crippen molar-refractivity contribution in [1.29, 1.82) is 0 Å². The van der Waals surface area contributed by atoms with E-state index >= 15 is 0 Å². The van der Waals surface area contributed by atoms with Gasteiger partial charge >= 0.3 is 5.97 Å². The number of para-hydroxylation sites is 2. The Hall–Kier alpha value is -2.59. The minimum Gasteiger partial charge on any atom is -0.465 e. The van der Waals surface area contributed by atoms with E-state index in [9.17, 15) is 4.79 Å². The van der Waals surface area contributed by atoms with E-state index in [4.69, 9.17) is 16.3 Å². The van der Waals surface area contributed by atoms with Crippen molar-refractivity contribution >= 4 is 34.2 Å². The number of rotatable bonds is 4. The van der Waals surface area contributed by atoms with Crippen LogP contribution in [0.5, 0.6) is 0 Å². The molecule has 0 aliphatic carbocycles. The van der Waals surface area contributed by atoms with Gasteiger partial charge in [0.25, 0.3) is 0 Å². The quantitative estimate of drug-likeness (QED) is 0.574. The van der Waals surface area contributed by atoms with Crippen LogP contribution in [0.1, 0.15) is 15.9 Å². The molecule has 0 atom stereocenters. The fourth-order valence-corrected chi connectivity index (χ4v) is 2.59. The number of ether oxygens (including phenoxy) is 1. The average molecular weight is 327 g/mol. The number of halogens is 1. The standard InChI is InChI=1S/C18H15ClN2O2/c1-23-18(22)14-7-3-5-9-16(14)20-11-13-10-12-6-2-4-8-15(12)21-17(13)19/h2-10,20H,11H2,1H3. The highest BCUT2D eigenvalue weighted by molar-refractivity contribution is 6.30. The van der Waals surface area contributed by atoms with Crippen LogP contribution in [0.15, 0.2) is 54.6 Å². The Morgan fingerprint density at radius 1 is 1.17 bits per heavy atom. The largest absolute Gasteiger partial charge is 0.465 e. The topological polar surface area (TPSA) is 51.2 Å². The molecule has 3 aromatic rings. The van der Waals surface area contributed by atoms with Gasteiger partial charge in [-0.15, -0.1) is 0 Å². The van der Waals surface area contributed by atoms with Gasteiger partial charge in [0.2, 0.25) is 0 Å². The highest BCUT2D eigenvalue weighted by Crippen LogP contribution is 2.23. The summed E-state index contributed by atoms with van der Waals surface area (Å²) in [4.78, 5) is 16.2. The maximum absolute atomic E-state index is 11.8. The number of hydrogen-bond donors (Lipinski definition) is 1. The zero-order valence-corrected chi connectivity index (χ0v) is 13.3. The van der Waals surface area contributed by atoms with Crippen molar-refractivity contribution in [3.05, 3.63) is 70.9 Å². The summed E-state index contributed by atoms with van der Waals surface area (Å²) in [5.41, 5.74) is 2.91. The summed E-state index contributed by atoms with van der Waals surface area (Å²) in [5.74, 6) is -0.379. The van der Waals surface area contributed by atoms with Crippen molar-refractivity contribution in [2.24, 2.45) is 0 Å². The average Bonchev–Trinajstić information content (AvgIpc) is 2.59. The number of pyridine rings is 1. The van der Waals surface area contributed by atoms with Gasteiger partial charge < -0.3 is 10.1 Å². The molecular formula is C18H15ClN2O2. The van der Waals surface area contributed by atoms with Gasteiger partial charge in [-0.2, -0.15) is 0 Å². The molecule has 4 nitrogen and oxygen atoms in total. The molecule has 0 amide bonds. The van der Waals surface area contributed by atoms with Crippen molar-refractivity contribution in [3.63, 3.8) is 0 Å². The monoisotopic (exact) mass is 326 g/mol. The SMILES string of the molecule is COC(=O)c1ccccc1NCc1cc2ccccc2nc1Cl. The summed E-state index contributed by atoms with van der Waals surface area (Å²) in [6, 6.07) is 17.0. The first-order chi connectivity index (χ1) is 11.2. The van der Waals surface area contributed by atoms with Crippen LogP contribution < -0.4 is 5.32 Å². The number of aromatic nitrogens is 1. The molecule has 1 aromatic heterocycles. The van der Waals surface area contributed by atoms with Crippen LogP contribution in [-0.2, 0) is 11.3 Å². The summed E-state index contributed by atoms with van der Waals surface area (Å²) >= 11 is 6.26. The molecule has 0 bridgehead atoms.